The van der Waals surface area contributed by atoms with Crippen LogP contribution in [0.5, 0.6) is 0 Å². The summed E-state index contributed by atoms with van der Waals surface area (Å²) in [5, 5.41) is 3.67. The number of hydrogen-bond acceptors (Lipinski definition) is 2. The number of carbonyl (C=O) groups is 2. The molecule has 0 radical (unpaired) electrons. The largest absolute Gasteiger partial charge is 0.334 e. The van der Waals surface area contributed by atoms with Gasteiger partial charge in [0.2, 0.25) is 5.91 Å². The molecule has 2 saturated heterocycles. The smallest absolute Gasteiger partial charge is 0.317 e. The summed E-state index contributed by atoms with van der Waals surface area (Å²) in [7, 11) is 0. The van der Waals surface area contributed by atoms with E-state index in [9.17, 15) is 14.0 Å². The second-order valence-electron chi connectivity index (χ2n) is 9.67. The molecule has 1 N–H and O–H groups in total. The normalized spacial score (nSPS) is 20.7. The van der Waals surface area contributed by atoms with Gasteiger partial charge in [-0.05, 0) is 61.1 Å². The molecule has 0 bridgehead atoms. The first-order valence-corrected chi connectivity index (χ1v) is 12.0. The molecule has 2 aromatic carbocycles. The Bertz CT molecular complexity index is 1000. The summed E-state index contributed by atoms with van der Waals surface area (Å²) in [5.41, 5.74) is 1.48. The minimum absolute atomic E-state index is 0.00742. The van der Waals surface area contributed by atoms with Gasteiger partial charge in [-0.25, -0.2) is 9.18 Å². The molecular formula is C26H31ClFN3O2. The lowest BCUT2D eigenvalue weighted by atomic mass is 9.62. The fourth-order valence-electron chi connectivity index (χ4n) is 5.19. The number of carbonyl (C=O) groups excluding carboxylic acids is 2. The predicted octanol–water partition coefficient (Wildman–Crippen LogP) is 5.57. The van der Waals surface area contributed by atoms with Crippen molar-refractivity contribution in [1.82, 2.24) is 15.1 Å². The van der Waals surface area contributed by atoms with E-state index < -0.39 is 5.41 Å². The number of hydrogen-bond donors (Lipinski definition) is 1. The Morgan fingerprint density at radius 3 is 2.27 bits per heavy atom. The van der Waals surface area contributed by atoms with Gasteiger partial charge in [-0.1, -0.05) is 49.7 Å². The Morgan fingerprint density at radius 2 is 1.70 bits per heavy atom. The Hall–Kier alpha value is -2.60. The number of rotatable bonds is 5. The van der Waals surface area contributed by atoms with Gasteiger partial charge in [0.1, 0.15) is 5.82 Å². The molecule has 2 aliphatic rings. The monoisotopic (exact) mass is 471 g/mol. The highest BCUT2D eigenvalue weighted by molar-refractivity contribution is 6.30. The van der Waals surface area contributed by atoms with Crippen molar-refractivity contribution in [3.05, 3.63) is 70.5 Å². The number of likely N-dealkylation sites (tertiary alicyclic amines) is 2. The lowest BCUT2D eigenvalue weighted by molar-refractivity contribution is -0.180. The molecule has 4 rings (SSSR count). The van der Waals surface area contributed by atoms with Crippen molar-refractivity contribution in [1.29, 1.82) is 0 Å². The molecule has 0 saturated carbocycles. The van der Waals surface area contributed by atoms with Crippen molar-refractivity contribution < 1.29 is 14.0 Å². The molecule has 33 heavy (non-hydrogen) atoms. The number of nitrogens with zero attached hydrogens (tertiary/aromatic N) is 2. The van der Waals surface area contributed by atoms with E-state index in [4.69, 9.17) is 11.6 Å². The molecule has 1 spiro atoms. The summed E-state index contributed by atoms with van der Waals surface area (Å²) in [4.78, 5) is 30.0. The number of amides is 3. The molecule has 5 nitrogen and oxygen atoms in total. The minimum atomic E-state index is -0.470. The van der Waals surface area contributed by atoms with E-state index in [1.54, 1.807) is 17.0 Å². The van der Waals surface area contributed by atoms with Gasteiger partial charge < -0.3 is 15.1 Å². The highest BCUT2D eigenvalue weighted by Crippen LogP contribution is 2.56. The Labute approximate surface area is 199 Å². The van der Waals surface area contributed by atoms with Crippen LogP contribution in [0.15, 0.2) is 48.5 Å². The van der Waals surface area contributed by atoms with Crippen molar-refractivity contribution >= 4 is 23.5 Å². The van der Waals surface area contributed by atoms with Crippen LogP contribution in [0.1, 0.15) is 56.8 Å². The van der Waals surface area contributed by atoms with E-state index in [1.807, 2.05) is 36.1 Å². The van der Waals surface area contributed by atoms with Crippen LogP contribution in [0.4, 0.5) is 9.18 Å². The zero-order chi connectivity index (χ0) is 23.8. The second kappa shape index (κ2) is 9.34. The van der Waals surface area contributed by atoms with Crippen LogP contribution >= 0.6 is 11.6 Å². The molecule has 1 unspecified atom stereocenters. The lowest BCUT2D eigenvalue weighted by Crippen LogP contribution is -2.67. The molecular weight excluding hydrogens is 441 g/mol. The molecule has 3 amide bonds. The van der Waals surface area contributed by atoms with E-state index in [-0.39, 0.29) is 29.8 Å². The Kier molecular flexibility index (Phi) is 6.66. The molecule has 2 aliphatic heterocycles. The zero-order valence-corrected chi connectivity index (χ0v) is 20.1. The SMILES string of the molecule is CC(C)CN1C(=O)C2(CCN(C(=O)N[C@@H](C)c3ccc(F)cc3)CC2)C1c1ccc(Cl)cc1. The van der Waals surface area contributed by atoms with Crippen molar-refractivity contribution in [2.24, 2.45) is 11.3 Å². The quantitative estimate of drug-likeness (QED) is 0.579. The summed E-state index contributed by atoms with van der Waals surface area (Å²) >= 11 is 6.10. The van der Waals surface area contributed by atoms with Gasteiger partial charge in [0.15, 0.2) is 0 Å². The standard InChI is InChI=1S/C26H31ClFN3O2/c1-17(2)16-31-23(20-4-8-21(27)9-5-20)26(24(31)32)12-14-30(15-13-26)25(33)29-18(3)19-6-10-22(28)11-7-19/h4-11,17-18,23H,12-16H2,1-3H3,(H,29,33)/t18-,23?/m0/s1. The summed E-state index contributed by atoms with van der Waals surface area (Å²) < 4.78 is 13.2. The summed E-state index contributed by atoms with van der Waals surface area (Å²) in [6.45, 7) is 7.87. The molecule has 176 valence electrons. The minimum Gasteiger partial charge on any atom is -0.334 e. The third kappa shape index (κ3) is 4.58. The van der Waals surface area contributed by atoms with Crippen LogP contribution in [0.3, 0.4) is 0 Å². The number of halogens is 2. The zero-order valence-electron chi connectivity index (χ0n) is 19.4. The first-order chi connectivity index (χ1) is 15.7. The summed E-state index contributed by atoms with van der Waals surface area (Å²) in [6.07, 6.45) is 1.26. The number of nitrogens with one attached hydrogen (secondary N) is 1. The second-order valence-corrected chi connectivity index (χ2v) is 10.1. The van der Waals surface area contributed by atoms with Crippen LogP contribution in [0.25, 0.3) is 0 Å². The average Bonchev–Trinajstić information content (AvgIpc) is 2.80. The molecule has 0 aromatic heterocycles. The number of urea groups is 1. The first kappa shape index (κ1) is 23.6. The van der Waals surface area contributed by atoms with Gasteiger partial charge in [0.25, 0.3) is 0 Å². The summed E-state index contributed by atoms with van der Waals surface area (Å²) in [6, 6.07) is 13.5. The van der Waals surface area contributed by atoms with Crippen LogP contribution in [-0.2, 0) is 4.79 Å². The number of benzene rings is 2. The molecule has 2 aromatic rings. The highest BCUT2D eigenvalue weighted by Gasteiger charge is 2.61. The van der Waals surface area contributed by atoms with Crippen LogP contribution in [0, 0.1) is 17.2 Å². The molecule has 0 aliphatic carbocycles. The number of piperidine rings is 1. The van der Waals surface area contributed by atoms with E-state index in [2.05, 4.69) is 19.2 Å². The van der Waals surface area contributed by atoms with Gasteiger partial charge in [-0.3, -0.25) is 4.79 Å². The molecule has 2 heterocycles. The maximum Gasteiger partial charge on any atom is 0.317 e. The third-order valence-corrected chi connectivity index (χ3v) is 7.17. The first-order valence-electron chi connectivity index (χ1n) is 11.6. The molecule has 2 fully saturated rings. The topological polar surface area (TPSA) is 52.7 Å². The fourth-order valence-corrected chi connectivity index (χ4v) is 5.31. The molecule has 7 heteroatoms. The maximum atomic E-state index is 13.3. The van der Waals surface area contributed by atoms with Gasteiger partial charge in [0, 0.05) is 24.7 Å². The fraction of sp³-hybridized carbons (Fsp3) is 0.462. The van der Waals surface area contributed by atoms with Gasteiger partial charge in [0.05, 0.1) is 17.5 Å². The van der Waals surface area contributed by atoms with Crippen LogP contribution in [-0.4, -0.2) is 41.4 Å². The maximum absolute atomic E-state index is 13.3. The van der Waals surface area contributed by atoms with Gasteiger partial charge >= 0.3 is 6.03 Å². The van der Waals surface area contributed by atoms with Crippen LogP contribution in [0.2, 0.25) is 5.02 Å². The van der Waals surface area contributed by atoms with Crippen molar-refractivity contribution in [3.8, 4) is 0 Å². The van der Waals surface area contributed by atoms with Crippen molar-refractivity contribution in [2.45, 2.75) is 45.7 Å². The highest BCUT2D eigenvalue weighted by atomic mass is 35.5. The van der Waals surface area contributed by atoms with Gasteiger partial charge in [-0.2, -0.15) is 0 Å². The van der Waals surface area contributed by atoms with E-state index >= 15 is 0 Å². The van der Waals surface area contributed by atoms with Crippen LogP contribution < -0.4 is 5.32 Å². The third-order valence-electron chi connectivity index (χ3n) is 6.92. The average molecular weight is 472 g/mol. The predicted molar refractivity (Wildman–Crippen MR) is 127 cm³/mol. The Morgan fingerprint density at radius 1 is 1.09 bits per heavy atom. The van der Waals surface area contributed by atoms with E-state index in [0.29, 0.717) is 43.4 Å². The van der Waals surface area contributed by atoms with Gasteiger partial charge in [-0.15, -0.1) is 0 Å². The van der Waals surface area contributed by atoms with E-state index in [1.165, 1.54) is 12.1 Å². The van der Waals surface area contributed by atoms with E-state index in [0.717, 1.165) is 11.1 Å². The lowest BCUT2D eigenvalue weighted by Gasteiger charge is -2.59. The number of β-lactam (4-membered cyclic amide) rings is 1. The summed E-state index contributed by atoms with van der Waals surface area (Å²) in [5.74, 6) is 0.265. The Balaban J connectivity index is 1.44. The van der Waals surface area contributed by atoms with Crippen molar-refractivity contribution in [3.63, 3.8) is 0 Å². The van der Waals surface area contributed by atoms with Crippen molar-refractivity contribution in [2.75, 3.05) is 19.6 Å². The molecule has 2 atom stereocenters.